The van der Waals surface area contributed by atoms with E-state index in [1.165, 1.54) is 12.1 Å². The number of hydrogen-bond acceptors (Lipinski definition) is 4. The molecule has 0 aliphatic carbocycles. The van der Waals surface area contributed by atoms with Gasteiger partial charge in [-0.05, 0) is 24.1 Å². The van der Waals surface area contributed by atoms with E-state index in [1.807, 2.05) is 6.07 Å². The molecule has 0 heterocycles. The summed E-state index contributed by atoms with van der Waals surface area (Å²) in [6.07, 6.45) is 0.729. The Labute approximate surface area is 118 Å². The van der Waals surface area contributed by atoms with Crippen LogP contribution in [0, 0.1) is 11.3 Å². The van der Waals surface area contributed by atoms with Gasteiger partial charge in [-0.2, -0.15) is 9.57 Å². The Bertz CT molecular complexity index is 602. The number of nitrogens with zero attached hydrogens (tertiary/aromatic N) is 2. The number of sulfonamides is 1. The van der Waals surface area contributed by atoms with Gasteiger partial charge in [0.1, 0.15) is 6.54 Å². The lowest BCUT2D eigenvalue weighted by Crippen LogP contribution is -2.36. The van der Waals surface area contributed by atoms with E-state index in [0.717, 1.165) is 4.31 Å². The van der Waals surface area contributed by atoms with E-state index in [0.29, 0.717) is 12.0 Å². The Kier molecular flexibility index (Phi) is 5.67. The number of carboxylic acids is 1. The molecule has 0 saturated heterocycles. The summed E-state index contributed by atoms with van der Waals surface area (Å²) in [6, 6.07) is 7.88. The van der Waals surface area contributed by atoms with Gasteiger partial charge in [-0.3, -0.25) is 4.79 Å². The van der Waals surface area contributed by atoms with Crippen molar-refractivity contribution >= 4 is 16.0 Å². The maximum absolute atomic E-state index is 12.3. The topological polar surface area (TPSA) is 98.5 Å². The molecular weight excluding hydrogens is 280 g/mol. The van der Waals surface area contributed by atoms with Gasteiger partial charge in [0.05, 0.1) is 17.4 Å². The van der Waals surface area contributed by atoms with Gasteiger partial charge in [0.25, 0.3) is 0 Å². The van der Waals surface area contributed by atoms with E-state index in [9.17, 15) is 13.2 Å². The van der Waals surface area contributed by atoms with E-state index in [4.69, 9.17) is 10.4 Å². The SMILES string of the molecule is CCCN(CC(=O)O)S(=O)(=O)c1ccc(CC#N)cc1. The number of carbonyl (C=O) groups is 1. The number of nitriles is 1. The lowest BCUT2D eigenvalue weighted by molar-refractivity contribution is -0.137. The molecule has 7 heteroatoms. The summed E-state index contributed by atoms with van der Waals surface area (Å²) >= 11 is 0. The molecular formula is C13H16N2O4S. The van der Waals surface area contributed by atoms with E-state index in [2.05, 4.69) is 0 Å². The van der Waals surface area contributed by atoms with E-state index >= 15 is 0 Å². The predicted molar refractivity (Wildman–Crippen MR) is 72.4 cm³/mol. The summed E-state index contributed by atoms with van der Waals surface area (Å²) in [5.41, 5.74) is 0.715. The second kappa shape index (κ2) is 7.03. The quantitative estimate of drug-likeness (QED) is 0.816. The minimum Gasteiger partial charge on any atom is -0.480 e. The van der Waals surface area contributed by atoms with Gasteiger partial charge in [-0.25, -0.2) is 8.42 Å². The van der Waals surface area contributed by atoms with Gasteiger partial charge in [-0.15, -0.1) is 0 Å². The zero-order valence-corrected chi connectivity index (χ0v) is 11.9. The van der Waals surface area contributed by atoms with Crippen molar-refractivity contribution in [2.75, 3.05) is 13.1 Å². The average molecular weight is 296 g/mol. The highest BCUT2D eigenvalue weighted by Gasteiger charge is 2.25. The molecule has 0 atom stereocenters. The van der Waals surface area contributed by atoms with Crippen LogP contribution in [0.1, 0.15) is 18.9 Å². The first-order valence-electron chi connectivity index (χ1n) is 6.09. The monoisotopic (exact) mass is 296 g/mol. The van der Waals surface area contributed by atoms with Crippen LogP contribution in [0.25, 0.3) is 0 Å². The molecule has 0 aliphatic heterocycles. The van der Waals surface area contributed by atoms with Crippen molar-refractivity contribution in [3.63, 3.8) is 0 Å². The number of carboxylic acid groups (broad SMARTS) is 1. The summed E-state index contributed by atoms with van der Waals surface area (Å²) in [7, 11) is -3.82. The van der Waals surface area contributed by atoms with Crippen LogP contribution in [0.4, 0.5) is 0 Å². The molecule has 0 amide bonds. The minimum atomic E-state index is -3.82. The first-order chi connectivity index (χ1) is 9.41. The van der Waals surface area contributed by atoms with Crippen molar-refractivity contribution in [3.05, 3.63) is 29.8 Å². The largest absolute Gasteiger partial charge is 0.480 e. The molecule has 6 nitrogen and oxygen atoms in total. The van der Waals surface area contributed by atoms with E-state index in [1.54, 1.807) is 19.1 Å². The van der Waals surface area contributed by atoms with Crippen molar-refractivity contribution in [2.45, 2.75) is 24.7 Å². The van der Waals surface area contributed by atoms with Crippen molar-refractivity contribution in [1.82, 2.24) is 4.31 Å². The number of benzene rings is 1. The lowest BCUT2D eigenvalue weighted by atomic mass is 10.2. The zero-order valence-electron chi connectivity index (χ0n) is 11.1. The van der Waals surface area contributed by atoms with Crippen molar-refractivity contribution in [2.24, 2.45) is 0 Å². The third-order valence-corrected chi connectivity index (χ3v) is 4.49. The molecule has 1 aromatic carbocycles. The molecule has 1 N–H and O–H groups in total. The molecule has 1 rings (SSSR count). The molecule has 0 radical (unpaired) electrons. The van der Waals surface area contributed by atoms with Gasteiger partial charge in [-0.1, -0.05) is 19.1 Å². The Morgan fingerprint density at radius 2 is 1.95 bits per heavy atom. The number of aliphatic carboxylic acids is 1. The molecule has 0 saturated carbocycles. The highest BCUT2D eigenvalue weighted by atomic mass is 32.2. The molecule has 0 aromatic heterocycles. The van der Waals surface area contributed by atoms with Crippen LogP contribution in [-0.4, -0.2) is 36.9 Å². The van der Waals surface area contributed by atoms with Crippen LogP contribution in [0.2, 0.25) is 0 Å². The molecule has 0 aliphatic rings. The maximum atomic E-state index is 12.3. The predicted octanol–water partition coefficient (Wildman–Crippen LogP) is 1.24. The summed E-state index contributed by atoms with van der Waals surface area (Å²) in [5.74, 6) is -1.19. The van der Waals surface area contributed by atoms with Gasteiger partial charge in [0, 0.05) is 6.54 Å². The molecule has 0 fully saturated rings. The molecule has 20 heavy (non-hydrogen) atoms. The van der Waals surface area contributed by atoms with Gasteiger partial charge in [0.15, 0.2) is 0 Å². The van der Waals surface area contributed by atoms with Crippen LogP contribution < -0.4 is 0 Å². The third kappa shape index (κ3) is 4.05. The lowest BCUT2D eigenvalue weighted by Gasteiger charge is -2.19. The fraction of sp³-hybridized carbons (Fsp3) is 0.385. The van der Waals surface area contributed by atoms with Gasteiger partial charge < -0.3 is 5.11 Å². The van der Waals surface area contributed by atoms with Crippen molar-refractivity contribution < 1.29 is 18.3 Å². The second-order valence-electron chi connectivity index (χ2n) is 4.21. The van der Waals surface area contributed by atoms with Gasteiger partial charge in [0.2, 0.25) is 10.0 Å². The Morgan fingerprint density at radius 1 is 1.35 bits per heavy atom. The fourth-order valence-corrected chi connectivity index (χ4v) is 3.19. The minimum absolute atomic E-state index is 0.0360. The number of rotatable bonds is 7. The van der Waals surface area contributed by atoms with Crippen LogP contribution in [0.15, 0.2) is 29.2 Å². The molecule has 0 unspecified atom stereocenters. The van der Waals surface area contributed by atoms with Crippen molar-refractivity contribution in [3.8, 4) is 6.07 Å². The molecule has 1 aromatic rings. The van der Waals surface area contributed by atoms with E-state index in [-0.39, 0.29) is 17.9 Å². The maximum Gasteiger partial charge on any atom is 0.318 e. The van der Waals surface area contributed by atoms with Crippen LogP contribution in [0.3, 0.4) is 0 Å². The Morgan fingerprint density at radius 3 is 2.40 bits per heavy atom. The normalized spacial score (nSPS) is 11.2. The molecule has 0 spiro atoms. The van der Waals surface area contributed by atoms with Crippen LogP contribution >= 0.6 is 0 Å². The second-order valence-corrected chi connectivity index (χ2v) is 6.15. The standard InChI is InChI=1S/C13H16N2O4S/c1-2-9-15(10-13(16)17)20(18,19)12-5-3-11(4-6-12)7-8-14/h3-6H,2,7,9-10H2,1H3,(H,16,17). The zero-order chi connectivity index (χ0) is 15.2. The number of hydrogen-bond donors (Lipinski definition) is 1. The van der Waals surface area contributed by atoms with E-state index < -0.39 is 22.5 Å². The van der Waals surface area contributed by atoms with Crippen LogP contribution in [-0.2, 0) is 21.2 Å². The fourth-order valence-electron chi connectivity index (χ4n) is 1.70. The Hall–Kier alpha value is -1.91. The third-order valence-electron chi connectivity index (χ3n) is 2.63. The highest BCUT2D eigenvalue weighted by Crippen LogP contribution is 2.17. The Balaban J connectivity index is 3.06. The molecule has 0 bridgehead atoms. The first kappa shape index (κ1) is 16.1. The first-order valence-corrected chi connectivity index (χ1v) is 7.53. The van der Waals surface area contributed by atoms with Crippen molar-refractivity contribution in [1.29, 1.82) is 5.26 Å². The summed E-state index contributed by atoms with van der Waals surface area (Å²) in [6.45, 7) is 1.37. The van der Waals surface area contributed by atoms with Crippen LogP contribution in [0.5, 0.6) is 0 Å². The molecule has 108 valence electrons. The summed E-state index contributed by atoms with van der Waals surface area (Å²) in [5, 5.41) is 17.4. The summed E-state index contributed by atoms with van der Waals surface area (Å²) < 4.78 is 25.6. The highest BCUT2D eigenvalue weighted by molar-refractivity contribution is 7.89. The average Bonchev–Trinajstić information content (AvgIpc) is 2.39. The smallest absolute Gasteiger partial charge is 0.318 e. The summed E-state index contributed by atoms with van der Waals surface area (Å²) in [4.78, 5) is 10.8. The van der Waals surface area contributed by atoms with Gasteiger partial charge >= 0.3 is 5.97 Å².